The predicted molar refractivity (Wildman–Crippen MR) is 92.9 cm³/mol. The third-order valence-corrected chi connectivity index (χ3v) is 4.10. The minimum atomic E-state index is -0.379. The van der Waals surface area contributed by atoms with Gasteiger partial charge in [0.2, 0.25) is 0 Å². The Morgan fingerprint density at radius 1 is 1.22 bits per heavy atom. The van der Waals surface area contributed by atoms with Crippen LogP contribution in [0.5, 0.6) is 0 Å². The van der Waals surface area contributed by atoms with Gasteiger partial charge in [-0.1, -0.05) is 32.0 Å². The van der Waals surface area contributed by atoms with Crippen molar-refractivity contribution in [2.45, 2.75) is 39.8 Å². The molecule has 5 heteroatoms. The van der Waals surface area contributed by atoms with Crippen LogP contribution in [0.1, 0.15) is 31.5 Å². The zero-order chi connectivity index (χ0) is 17.0. The molecule has 0 spiro atoms. The van der Waals surface area contributed by atoms with Gasteiger partial charge in [-0.3, -0.25) is 9.48 Å². The van der Waals surface area contributed by atoms with Gasteiger partial charge in [0, 0.05) is 25.8 Å². The van der Waals surface area contributed by atoms with Crippen molar-refractivity contribution in [3.05, 3.63) is 51.9 Å². The average molecular weight is 317 g/mol. The van der Waals surface area contributed by atoms with Crippen LogP contribution in [0.25, 0.3) is 5.69 Å². The van der Waals surface area contributed by atoms with Crippen molar-refractivity contribution < 1.29 is 5.11 Å². The molecule has 0 aliphatic heterocycles. The van der Waals surface area contributed by atoms with Crippen LogP contribution in [0.3, 0.4) is 0 Å². The molecule has 2 rings (SSSR count). The van der Waals surface area contributed by atoms with E-state index in [2.05, 4.69) is 19.2 Å². The molecule has 0 bridgehead atoms. The zero-order valence-corrected chi connectivity index (χ0v) is 14.4. The number of rotatable bonds is 7. The smallest absolute Gasteiger partial charge is 0.276 e. The fourth-order valence-corrected chi connectivity index (χ4v) is 2.82. The molecule has 5 nitrogen and oxygen atoms in total. The summed E-state index contributed by atoms with van der Waals surface area (Å²) in [4.78, 5) is 12.7. The Hall–Kier alpha value is -1.85. The van der Waals surface area contributed by atoms with E-state index in [4.69, 9.17) is 0 Å². The summed E-state index contributed by atoms with van der Waals surface area (Å²) in [6.45, 7) is 7.08. The van der Waals surface area contributed by atoms with E-state index in [-0.39, 0.29) is 11.7 Å². The number of nitrogens with one attached hydrogen (secondary N) is 1. The summed E-state index contributed by atoms with van der Waals surface area (Å²) in [6, 6.07) is 9.62. The first-order valence-electron chi connectivity index (χ1n) is 8.13. The molecule has 0 amide bonds. The monoisotopic (exact) mass is 317 g/mol. The first-order valence-corrected chi connectivity index (χ1v) is 8.13. The summed E-state index contributed by atoms with van der Waals surface area (Å²) in [5, 5.41) is 13.1. The summed E-state index contributed by atoms with van der Waals surface area (Å²) in [7, 11) is 1.89. The molecule has 0 aliphatic carbocycles. The van der Waals surface area contributed by atoms with Crippen LogP contribution in [0.4, 0.5) is 0 Å². The minimum absolute atomic E-state index is 0.0120. The van der Waals surface area contributed by atoms with Gasteiger partial charge in [0.1, 0.15) is 0 Å². The number of hydrogen-bond donors (Lipinski definition) is 2. The summed E-state index contributed by atoms with van der Waals surface area (Å²) in [5.74, 6) is 0.459. The van der Waals surface area contributed by atoms with E-state index in [0.717, 1.165) is 23.4 Å². The maximum absolute atomic E-state index is 12.7. The van der Waals surface area contributed by atoms with Crippen molar-refractivity contribution >= 4 is 0 Å². The molecule has 23 heavy (non-hydrogen) atoms. The molecule has 0 saturated carbocycles. The summed E-state index contributed by atoms with van der Waals surface area (Å²) < 4.78 is 3.55. The zero-order valence-electron chi connectivity index (χ0n) is 14.4. The number of para-hydroxylation sites is 1. The van der Waals surface area contributed by atoms with E-state index in [9.17, 15) is 9.90 Å². The van der Waals surface area contributed by atoms with E-state index < -0.39 is 0 Å². The van der Waals surface area contributed by atoms with Crippen molar-refractivity contribution in [1.29, 1.82) is 0 Å². The molecule has 2 N–H and O–H groups in total. The molecule has 0 fully saturated rings. The Morgan fingerprint density at radius 3 is 2.48 bits per heavy atom. The second-order valence-electron chi connectivity index (χ2n) is 6.45. The van der Waals surface area contributed by atoms with Gasteiger partial charge in [-0.25, -0.2) is 4.68 Å². The van der Waals surface area contributed by atoms with Crippen LogP contribution in [-0.4, -0.2) is 27.1 Å². The van der Waals surface area contributed by atoms with Gasteiger partial charge in [0.15, 0.2) is 0 Å². The molecule has 0 aliphatic rings. The van der Waals surface area contributed by atoms with E-state index in [1.165, 1.54) is 0 Å². The largest absolute Gasteiger partial charge is 0.392 e. The maximum atomic E-state index is 12.7. The molecule has 1 aromatic heterocycles. The molecule has 0 saturated heterocycles. The van der Waals surface area contributed by atoms with Crippen molar-refractivity contribution in [1.82, 2.24) is 14.7 Å². The fraction of sp³-hybridized carbons (Fsp3) is 0.500. The molecule has 1 aromatic carbocycles. The molecule has 0 radical (unpaired) electrons. The van der Waals surface area contributed by atoms with Crippen LogP contribution in [0.15, 0.2) is 35.1 Å². The van der Waals surface area contributed by atoms with Crippen LogP contribution >= 0.6 is 0 Å². The third-order valence-electron chi connectivity index (χ3n) is 4.10. The van der Waals surface area contributed by atoms with E-state index >= 15 is 0 Å². The first-order chi connectivity index (χ1) is 10.9. The highest BCUT2D eigenvalue weighted by Crippen LogP contribution is 2.10. The lowest BCUT2D eigenvalue weighted by Gasteiger charge is -2.13. The lowest BCUT2D eigenvalue weighted by molar-refractivity contribution is 0.146. The van der Waals surface area contributed by atoms with E-state index in [1.807, 2.05) is 49.0 Å². The predicted octanol–water partition coefficient (Wildman–Crippen LogP) is 1.98. The number of benzene rings is 1. The van der Waals surface area contributed by atoms with Crippen molar-refractivity contribution in [2.24, 2.45) is 13.0 Å². The highest BCUT2D eigenvalue weighted by atomic mass is 16.3. The minimum Gasteiger partial charge on any atom is -0.392 e. The standard InChI is InChI=1S/C18H27N3O2/c1-13(2)10-16(22)11-19-12-17-14(3)20(4)21(18(17)23)15-8-6-5-7-9-15/h5-9,13,16,19,22H,10-12H2,1-4H3. The summed E-state index contributed by atoms with van der Waals surface area (Å²) >= 11 is 0. The molecule has 1 atom stereocenters. The summed E-state index contributed by atoms with van der Waals surface area (Å²) in [6.07, 6.45) is 0.380. The number of nitrogens with zero attached hydrogens (tertiary/aromatic N) is 2. The molecule has 126 valence electrons. The molecule has 2 aromatic rings. The quantitative estimate of drug-likeness (QED) is 0.821. The molecule has 1 heterocycles. The van der Waals surface area contributed by atoms with Crippen molar-refractivity contribution in [3.8, 4) is 5.69 Å². The van der Waals surface area contributed by atoms with Gasteiger partial charge in [-0.15, -0.1) is 0 Å². The molecular formula is C18H27N3O2. The number of aromatic nitrogens is 2. The highest BCUT2D eigenvalue weighted by molar-refractivity contribution is 5.33. The maximum Gasteiger partial charge on any atom is 0.276 e. The highest BCUT2D eigenvalue weighted by Gasteiger charge is 2.16. The van der Waals surface area contributed by atoms with Gasteiger partial charge >= 0.3 is 0 Å². The van der Waals surface area contributed by atoms with Gasteiger partial charge < -0.3 is 10.4 Å². The number of aliphatic hydroxyl groups excluding tert-OH is 1. The van der Waals surface area contributed by atoms with Crippen LogP contribution in [0.2, 0.25) is 0 Å². The van der Waals surface area contributed by atoms with Gasteiger partial charge in [0.25, 0.3) is 5.56 Å². The lowest BCUT2D eigenvalue weighted by Crippen LogP contribution is -2.30. The van der Waals surface area contributed by atoms with Crippen molar-refractivity contribution in [2.75, 3.05) is 6.54 Å². The lowest BCUT2D eigenvalue weighted by atomic mass is 10.1. The fourth-order valence-electron chi connectivity index (χ4n) is 2.82. The number of aliphatic hydroxyl groups is 1. The van der Waals surface area contributed by atoms with E-state index in [1.54, 1.807) is 4.68 Å². The summed E-state index contributed by atoms with van der Waals surface area (Å²) in [5.41, 5.74) is 2.52. The Kier molecular flexibility index (Phi) is 5.80. The van der Waals surface area contributed by atoms with Gasteiger partial charge in [-0.05, 0) is 31.4 Å². The molecular weight excluding hydrogens is 290 g/mol. The third kappa shape index (κ3) is 4.12. The topological polar surface area (TPSA) is 59.2 Å². The van der Waals surface area contributed by atoms with Crippen LogP contribution < -0.4 is 10.9 Å². The van der Waals surface area contributed by atoms with Gasteiger partial charge in [-0.2, -0.15) is 0 Å². The van der Waals surface area contributed by atoms with Crippen LogP contribution in [0, 0.1) is 12.8 Å². The van der Waals surface area contributed by atoms with Crippen molar-refractivity contribution in [3.63, 3.8) is 0 Å². The Labute approximate surface area is 137 Å². The van der Waals surface area contributed by atoms with Gasteiger partial charge in [0.05, 0.1) is 17.4 Å². The molecule has 1 unspecified atom stereocenters. The Bertz CT molecular complexity index is 686. The Balaban J connectivity index is 2.14. The SMILES string of the molecule is Cc1c(CNCC(O)CC(C)C)c(=O)n(-c2ccccc2)n1C. The second-order valence-corrected chi connectivity index (χ2v) is 6.45. The average Bonchev–Trinajstić information content (AvgIpc) is 2.71. The number of hydrogen-bond acceptors (Lipinski definition) is 3. The normalized spacial score (nSPS) is 12.8. The first kappa shape index (κ1) is 17.5. The Morgan fingerprint density at radius 2 is 1.87 bits per heavy atom. The van der Waals surface area contributed by atoms with Crippen LogP contribution in [-0.2, 0) is 13.6 Å². The van der Waals surface area contributed by atoms with E-state index in [0.29, 0.717) is 19.0 Å². The second kappa shape index (κ2) is 7.62.